The van der Waals surface area contributed by atoms with E-state index < -0.39 is 17.6 Å². The molecule has 2 aromatic carbocycles. The van der Waals surface area contributed by atoms with Crippen molar-refractivity contribution in [3.63, 3.8) is 0 Å². The van der Waals surface area contributed by atoms with Gasteiger partial charge >= 0.3 is 0 Å². The summed E-state index contributed by atoms with van der Waals surface area (Å²) in [6, 6.07) is 10.4. The van der Waals surface area contributed by atoms with Crippen molar-refractivity contribution >= 4 is 29.3 Å². The molecule has 2 atom stereocenters. The predicted molar refractivity (Wildman–Crippen MR) is 201 cm³/mol. The highest BCUT2D eigenvalue weighted by atomic mass is 19.1. The van der Waals surface area contributed by atoms with E-state index in [1.54, 1.807) is 34.1 Å². The Kier molecular flexibility index (Phi) is 14.1. The molecule has 288 valence electrons. The SMILES string of the molecule is CC(CCN(C)CC(=O)N1CCN(C(=O)c2cc(CC(=N)c3ccccc3C(N)=O)ccc2F)CC1)OC1CCN(C(=O)C(N)C2CCCCC2)CC1. The molecule has 2 aromatic rings. The molecule has 1 saturated carbocycles. The summed E-state index contributed by atoms with van der Waals surface area (Å²) in [5, 5.41) is 8.53. The largest absolute Gasteiger partial charge is 0.375 e. The van der Waals surface area contributed by atoms with Crippen LogP contribution in [0.5, 0.6) is 0 Å². The van der Waals surface area contributed by atoms with E-state index in [-0.39, 0.29) is 73.0 Å². The van der Waals surface area contributed by atoms with Gasteiger partial charge in [0, 0.05) is 69.1 Å². The zero-order chi connectivity index (χ0) is 38.1. The Labute approximate surface area is 312 Å². The van der Waals surface area contributed by atoms with Gasteiger partial charge in [-0.15, -0.1) is 0 Å². The molecule has 5 N–H and O–H groups in total. The topological polar surface area (TPSA) is 166 Å². The molecule has 53 heavy (non-hydrogen) atoms. The number of nitrogens with two attached hydrogens (primary N) is 2. The number of benzene rings is 2. The minimum atomic E-state index is -0.656. The molecule has 2 unspecified atom stereocenters. The van der Waals surface area contributed by atoms with Crippen LogP contribution < -0.4 is 11.5 Å². The number of amides is 4. The first kappa shape index (κ1) is 40.0. The van der Waals surface area contributed by atoms with Gasteiger partial charge in [0.15, 0.2) is 0 Å². The number of primary amides is 1. The molecule has 4 amide bonds. The minimum absolute atomic E-state index is 0.00861. The number of likely N-dealkylation sites (N-methyl/N-ethyl adjacent to an activating group) is 1. The lowest BCUT2D eigenvalue weighted by atomic mass is 9.83. The Bertz CT molecular complexity index is 1620. The van der Waals surface area contributed by atoms with Crippen LogP contribution in [-0.4, -0.2) is 127 Å². The van der Waals surface area contributed by atoms with Crippen molar-refractivity contribution in [2.75, 3.05) is 59.4 Å². The second-order valence-electron chi connectivity index (χ2n) is 15.0. The van der Waals surface area contributed by atoms with Crippen molar-refractivity contribution in [3.8, 4) is 0 Å². The Hall–Kier alpha value is -4.20. The number of likely N-dealkylation sites (tertiary alicyclic amines) is 1. The van der Waals surface area contributed by atoms with Gasteiger partial charge in [-0.3, -0.25) is 24.1 Å². The lowest BCUT2D eigenvalue weighted by Crippen LogP contribution is -2.52. The first-order valence-corrected chi connectivity index (χ1v) is 19.1. The summed E-state index contributed by atoms with van der Waals surface area (Å²) in [6.45, 7) is 5.57. The van der Waals surface area contributed by atoms with Crippen molar-refractivity contribution in [2.45, 2.75) is 83.0 Å². The van der Waals surface area contributed by atoms with Crippen LogP contribution in [0.3, 0.4) is 0 Å². The average Bonchev–Trinajstić information content (AvgIpc) is 3.17. The summed E-state index contributed by atoms with van der Waals surface area (Å²) in [7, 11) is 1.91. The van der Waals surface area contributed by atoms with Crippen molar-refractivity contribution in [1.82, 2.24) is 19.6 Å². The van der Waals surface area contributed by atoms with Gasteiger partial charge in [-0.1, -0.05) is 43.5 Å². The third-order valence-corrected chi connectivity index (χ3v) is 11.0. The second-order valence-corrected chi connectivity index (χ2v) is 15.0. The molecule has 3 aliphatic rings. The van der Waals surface area contributed by atoms with Crippen LogP contribution in [0.4, 0.5) is 4.39 Å². The summed E-state index contributed by atoms with van der Waals surface area (Å²) in [5.41, 5.74) is 13.1. The van der Waals surface area contributed by atoms with Crippen LogP contribution >= 0.6 is 0 Å². The molecule has 2 aliphatic heterocycles. The van der Waals surface area contributed by atoms with Gasteiger partial charge in [-0.2, -0.15) is 0 Å². The summed E-state index contributed by atoms with van der Waals surface area (Å²) < 4.78 is 21.2. The highest BCUT2D eigenvalue weighted by Crippen LogP contribution is 2.27. The van der Waals surface area contributed by atoms with Gasteiger partial charge in [0.2, 0.25) is 17.7 Å². The monoisotopic (exact) mass is 733 g/mol. The maximum Gasteiger partial charge on any atom is 0.256 e. The maximum absolute atomic E-state index is 14.9. The fraction of sp³-hybridized carbons (Fsp3) is 0.575. The molecule has 1 aliphatic carbocycles. The average molecular weight is 734 g/mol. The molecular formula is C40H56FN7O5. The third-order valence-electron chi connectivity index (χ3n) is 11.0. The van der Waals surface area contributed by atoms with Gasteiger partial charge in [0.05, 0.1) is 30.4 Å². The standard InChI is InChI=1S/C40H56FN7O5/c1-27(53-30-15-18-47(19-16-30)40(52)37(43)29-8-4-3-5-9-29)14-17-45(2)26-36(49)46-20-22-48(23-21-46)39(51)33-24-28(12-13-34(33)41)25-35(42)31-10-6-7-11-32(31)38(44)50/h6-7,10-13,24,27,29-30,37,42H,3-5,8-9,14-23,25-26,43H2,1-2H3,(H2,44,50). The first-order valence-electron chi connectivity index (χ1n) is 19.1. The molecule has 0 bridgehead atoms. The molecule has 12 nitrogen and oxygen atoms in total. The Morgan fingerprint density at radius 3 is 2.19 bits per heavy atom. The highest BCUT2D eigenvalue weighted by Gasteiger charge is 2.32. The maximum atomic E-state index is 14.9. The number of ether oxygens (including phenoxy) is 1. The summed E-state index contributed by atoms with van der Waals surface area (Å²) >= 11 is 0. The zero-order valence-electron chi connectivity index (χ0n) is 31.2. The summed E-state index contributed by atoms with van der Waals surface area (Å²) in [5.74, 6) is -1.40. The first-order chi connectivity index (χ1) is 25.4. The highest BCUT2D eigenvalue weighted by molar-refractivity contribution is 6.09. The number of nitrogens with one attached hydrogen (secondary N) is 1. The fourth-order valence-corrected chi connectivity index (χ4v) is 7.76. The van der Waals surface area contributed by atoms with Crippen LogP contribution in [0.25, 0.3) is 0 Å². The van der Waals surface area contributed by atoms with E-state index in [0.717, 1.165) is 44.9 Å². The fourth-order valence-electron chi connectivity index (χ4n) is 7.76. The third kappa shape index (κ3) is 10.7. The van der Waals surface area contributed by atoms with Crippen LogP contribution in [0.1, 0.15) is 90.1 Å². The van der Waals surface area contributed by atoms with E-state index in [1.165, 1.54) is 24.6 Å². The minimum Gasteiger partial charge on any atom is -0.375 e. The number of hydrogen-bond acceptors (Lipinski definition) is 8. The number of rotatable bonds is 14. The molecule has 0 spiro atoms. The Morgan fingerprint density at radius 2 is 1.53 bits per heavy atom. The quantitative estimate of drug-likeness (QED) is 0.250. The van der Waals surface area contributed by atoms with Gasteiger partial charge in [0.25, 0.3) is 5.91 Å². The van der Waals surface area contributed by atoms with Gasteiger partial charge in [-0.25, -0.2) is 4.39 Å². The number of halogens is 1. The molecule has 2 saturated heterocycles. The van der Waals surface area contributed by atoms with Crippen molar-refractivity contribution in [2.24, 2.45) is 17.4 Å². The van der Waals surface area contributed by atoms with Crippen LogP contribution in [0.2, 0.25) is 0 Å². The number of piperidine rings is 1. The van der Waals surface area contributed by atoms with Crippen LogP contribution in [0, 0.1) is 17.1 Å². The van der Waals surface area contributed by atoms with Crippen molar-refractivity contribution in [3.05, 3.63) is 70.5 Å². The molecule has 2 heterocycles. The molecule has 13 heteroatoms. The lowest BCUT2D eigenvalue weighted by Gasteiger charge is -2.37. The van der Waals surface area contributed by atoms with Gasteiger partial charge in [-0.05, 0) is 75.8 Å². The van der Waals surface area contributed by atoms with E-state index in [2.05, 4.69) is 0 Å². The molecule has 5 rings (SSSR count). The second kappa shape index (κ2) is 18.7. The van der Waals surface area contributed by atoms with Crippen molar-refractivity contribution in [1.29, 1.82) is 5.41 Å². The lowest BCUT2D eigenvalue weighted by molar-refractivity contribution is -0.138. The van der Waals surface area contributed by atoms with E-state index in [0.29, 0.717) is 49.8 Å². The number of piperazine rings is 1. The molecule has 3 fully saturated rings. The number of carbonyl (C=O) groups is 4. The van der Waals surface area contributed by atoms with Gasteiger partial charge < -0.3 is 36.3 Å². The molecular weight excluding hydrogens is 677 g/mol. The van der Waals surface area contributed by atoms with E-state index in [1.807, 2.05) is 23.8 Å². The van der Waals surface area contributed by atoms with Crippen LogP contribution in [0.15, 0.2) is 42.5 Å². The van der Waals surface area contributed by atoms with E-state index in [9.17, 15) is 23.6 Å². The smallest absolute Gasteiger partial charge is 0.256 e. The zero-order valence-corrected chi connectivity index (χ0v) is 31.2. The van der Waals surface area contributed by atoms with Gasteiger partial charge in [0.1, 0.15) is 5.82 Å². The number of carbonyl (C=O) groups excluding carboxylic acids is 4. The van der Waals surface area contributed by atoms with Crippen molar-refractivity contribution < 1.29 is 28.3 Å². The van der Waals surface area contributed by atoms with E-state index in [4.69, 9.17) is 21.6 Å². The van der Waals surface area contributed by atoms with Crippen LogP contribution in [-0.2, 0) is 20.7 Å². The molecule has 0 radical (unpaired) electrons. The summed E-state index contributed by atoms with van der Waals surface area (Å²) in [4.78, 5) is 58.5. The Morgan fingerprint density at radius 1 is 0.887 bits per heavy atom. The molecule has 0 aromatic heterocycles. The predicted octanol–water partition coefficient (Wildman–Crippen LogP) is 3.45. The number of nitrogens with zero attached hydrogens (tertiary/aromatic N) is 4. The van der Waals surface area contributed by atoms with E-state index >= 15 is 0 Å². The Balaban J connectivity index is 1.01. The summed E-state index contributed by atoms with van der Waals surface area (Å²) in [6.07, 6.45) is 8.22. The normalized spacial score (nSPS) is 18.5. The number of hydrogen-bond donors (Lipinski definition) is 3.